The van der Waals surface area contributed by atoms with Gasteiger partial charge in [-0.25, -0.2) is 4.98 Å². The van der Waals surface area contributed by atoms with Crippen LogP contribution in [-0.4, -0.2) is 40.1 Å². The van der Waals surface area contributed by atoms with Gasteiger partial charge in [-0.15, -0.1) is 0 Å². The Hall–Kier alpha value is -2.30. The molecule has 0 radical (unpaired) electrons. The second-order valence-electron chi connectivity index (χ2n) is 8.25. The molecule has 0 atom stereocenters. The van der Waals surface area contributed by atoms with E-state index in [1.807, 2.05) is 41.4 Å². The molecule has 1 saturated heterocycles. The zero-order valence-corrected chi connectivity index (χ0v) is 16.8. The summed E-state index contributed by atoms with van der Waals surface area (Å²) in [6, 6.07) is 9.55. The summed E-state index contributed by atoms with van der Waals surface area (Å²) in [7, 11) is 0. The van der Waals surface area contributed by atoms with Gasteiger partial charge in [-0.2, -0.15) is 0 Å². The Morgan fingerprint density at radius 2 is 1.89 bits per heavy atom. The van der Waals surface area contributed by atoms with E-state index in [1.54, 1.807) is 0 Å². The van der Waals surface area contributed by atoms with Crippen molar-refractivity contribution in [3.63, 3.8) is 0 Å². The average molecular weight is 382 g/mol. The lowest BCUT2D eigenvalue weighted by Crippen LogP contribution is -2.41. The smallest absolute Gasteiger partial charge is 0.260 e. The molecule has 0 N–H and O–H groups in total. The molecule has 1 aromatic carbocycles. The number of carbonyl (C=O) groups is 1. The number of amides is 1. The summed E-state index contributed by atoms with van der Waals surface area (Å²) >= 11 is 0. The standard InChI is InChI=1S/C23H31N3O2/c1-18-16-24-23(20-6-5-7-20)26(18)15-12-19-10-13-25(14-11-19)22(27)17-28-21-8-3-2-4-9-21/h2-4,8-9,16,19-20H,5-7,10-15,17H2,1H3. The van der Waals surface area contributed by atoms with E-state index in [2.05, 4.69) is 16.5 Å². The molecule has 1 aliphatic carbocycles. The fraction of sp³-hybridized carbons (Fsp3) is 0.565. The maximum Gasteiger partial charge on any atom is 0.260 e. The molecule has 28 heavy (non-hydrogen) atoms. The number of rotatable bonds is 7. The van der Waals surface area contributed by atoms with Crippen molar-refractivity contribution in [3.8, 4) is 5.75 Å². The molecule has 2 aliphatic rings. The SMILES string of the molecule is Cc1cnc(C2CCC2)n1CCC1CCN(C(=O)COc2ccccc2)CC1. The number of aryl methyl sites for hydroxylation is 1. The number of nitrogens with zero attached hydrogens (tertiary/aromatic N) is 3. The fourth-order valence-corrected chi connectivity index (χ4v) is 4.30. The van der Waals surface area contributed by atoms with Gasteiger partial charge in [-0.1, -0.05) is 24.6 Å². The first-order chi connectivity index (χ1) is 13.7. The van der Waals surface area contributed by atoms with Gasteiger partial charge in [0, 0.05) is 37.4 Å². The van der Waals surface area contributed by atoms with Crippen molar-refractivity contribution in [2.24, 2.45) is 5.92 Å². The highest BCUT2D eigenvalue weighted by atomic mass is 16.5. The van der Waals surface area contributed by atoms with Gasteiger partial charge < -0.3 is 14.2 Å². The van der Waals surface area contributed by atoms with E-state index in [9.17, 15) is 4.79 Å². The lowest BCUT2D eigenvalue weighted by molar-refractivity contribution is -0.134. The first-order valence-electron chi connectivity index (χ1n) is 10.7. The van der Waals surface area contributed by atoms with Crippen LogP contribution >= 0.6 is 0 Å². The zero-order chi connectivity index (χ0) is 19.3. The van der Waals surface area contributed by atoms with Crippen molar-refractivity contribution in [1.82, 2.24) is 14.5 Å². The molecule has 1 aliphatic heterocycles. The van der Waals surface area contributed by atoms with Gasteiger partial charge in [-0.3, -0.25) is 4.79 Å². The number of piperidine rings is 1. The van der Waals surface area contributed by atoms with Crippen molar-refractivity contribution >= 4 is 5.91 Å². The quantitative estimate of drug-likeness (QED) is 0.723. The van der Waals surface area contributed by atoms with Gasteiger partial charge in [0.05, 0.1) is 0 Å². The predicted octanol–water partition coefficient (Wildman–Crippen LogP) is 4.17. The molecule has 1 saturated carbocycles. The third-order valence-corrected chi connectivity index (χ3v) is 6.39. The fourth-order valence-electron chi connectivity index (χ4n) is 4.30. The number of ether oxygens (including phenoxy) is 1. The van der Waals surface area contributed by atoms with E-state index in [-0.39, 0.29) is 12.5 Å². The molecule has 2 fully saturated rings. The van der Waals surface area contributed by atoms with Gasteiger partial charge in [0.15, 0.2) is 6.61 Å². The Labute approximate surface area is 167 Å². The predicted molar refractivity (Wildman–Crippen MR) is 109 cm³/mol. The van der Waals surface area contributed by atoms with Crippen LogP contribution in [0.4, 0.5) is 0 Å². The third kappa shape index (κ3) is 4.40. The Bertz CT molecular complexity index is 774. The highest BCUT2D eigenvalue weighted by Gasteiger charge is 2.26. The summed E-state index contributed by atoms with van der Waals surface area (Å²) in [5, 5.41) is 0. The van der Waals surface area contributed by atoms with Crippen LogP contribution in [0.25, 0.3) is 0 Å². The van der Waals surface area contributed by atoms with Gasteiger partial charge in [0.25, 0.3) is 5.91 Å². The summed E-state index contributed by atoms with van der Waals surface area (Å²) in [5.41, 5.74) is 1.28. The summed E-state index contributed by atoms with van der Waals surface area (Å²) in [5.74, 6) is 3.52. The number of carbonyl (C=O) groups excluding carboxylic acids is 1. The molecule has 5 nitrogen and oxygen atoms in total. The Balaban J connectivity index is 1.21. The van der Waals surface area contributed by atoms with Gasteiger partial charge in [-0.05, 0) is 57.1 Å². The molecule has 1 amide bonds. The molecule has 150 valence electrons. The molecular formula is C23H31N3O2. The van der Waals surface area contributed by atoms with Crippen molar-refractivity contribution in [2.75, 3.05) is 19.7 Å². The van der Waals surface area contributed by atoms with Crippen LogP contribution in [-0.2, 0) is 11.3 Å². The van der Waals surface area contributed by atoms with E-state index < -0.39 is 0 Å². The number of hydrogen-bond donors (Lipinski definition) is 0. The van der Waals surface area contributed by atoms with Crippen LogP contribution in [0.15, 0.2) is 36.5 Å². The van der Waals surface area contributed by atoms with Crippen LogP contribution in [0, 0.1) is 12.8 Å². The zero-order valence-electron chi connectivity index (χ0n) is 16.8. The lowest BCUT2D eigenvalue weighted by Gasteiger charge is -2.32. The van der Waals surface area contributed by atoms with Crippen molar-refractivity contribution in [2.45, 2.75) is 57.9 Å². The van der Waals surface area contributed by atoms with E-state index in [1.165, 1.54) is 37.2 Å². The minimum Gasteiger partial charge on any atom is -0.484 e. The van der Waals surface area contributed by atoms with Crippen molar-refractivity contribution in [3.05, 3.63) is 48.0 Å². The van der Waals surface area contributed by atoms with E-state index in [0.717, 1.165) is 38.2 Å². The molecule has 2 aromatic rings. The summed E-state index contributed by atoms with van der Waals surface area (Å²) in [4.78, 5) is 19.1. The molecule has 1 aromatic heterocycles. The van der Waals surface area contributed by atoms with Crippen LogP contribution < -0.4 is 4.74 Å². The summed E-state index contributed by atoms with van der Waals surface area (Å²) in [6.45, 7) is 5.06. The molecule has 5 heteroatoms. The van der Waals surface area contributed by atoms with Crippen LogP contribution in [0.2, 0.25) is 0 Å². The normalized spacial score (nSPS) is 18.1. The van der Waals surface area contributed by atoms with Gasteiger partial charge in [0.1, 0.15) is 11.6 Å². The van der Waals surface area contributed by atoms with Gasteiger partial charge in [0.2, 0.25) is 0 Å². The molecule has 2 heterocycles. The van der Waals surface area contributed by atoms with Crippen LogP contribution in [0.5, 0.6) is 5.75 Å². The monoisotopic (exact) mass is 381 g/mol. The minimum atomic E-state index is 0.0972. The van der Waals surface area contributed by atoms with E-state index in [4.69, 9.17) is 4.74 Å². The van der Waals surface area contributed by atoms with E-state index in [0.29, 0.717) is 11.8 Å². The first-order valence-corrected chi connectivity index (χ1v) is 10.7. The number of imidazole rings is 1. The Morgan fingerprint density at radius 3 is 2.57 bits per heavy atom. The topological polar surface area (TPSA) is 47.4 Å². The Morgan fingerprint density at radius 1 is 1.14 bits per heavy atom. The van der Waals surface area contributed by atoms with Crippen molar-refractivity contribution in [1.29, 1.82) is 0 Å². The summed E-state index contributed by atoms with van der Waals surface area (Å²) in [6.07, 6.45) is 9.31. The lowest BCUT2D eigenvalue weighted by atomic mass is 9.84. The molecular weight excluding hydrogens is 350 g/mol. The van der Waals surface area contributed by atoms with Gasteiger partial charge >= 0.3 is 0 Å². The maximum absolute atomic E-state index is 12.4. The highest BCUT2D eigenvalue weighted by Crippen LogP contribution is 2.36. The number of benzene rings is 1. The first kappa shape index (κ1) is 19.0. The molecule has 0 spiro atoms. The second kappa shape index (κ2) is 8.80. The minimum absolute atomic E-state index is 0.0972. The Kier molecular flexibility index (Phi) is 5.98. The van der Waals surface area contributed by atoms with E-state index >= 15 is 0 Å². The van der Waals surface area contributed by atoms with Crippen molar-refractivity contribution < 1.29 is 9.53 Å². The number of hydrogen-bond acceptors (Lipinski definition) is 3. The summed E-state index contributed by atoms with van der Waals surface area (Å²) < 4.78 is 8.05. The number of likely N-dealkylation sites (tertiary alicyclic amines) is 1. The molecule has 0 bridgehead atoms. The average Bonchev–Trinajstić information content (AvgIpc) is 3.04. The molecule has 4 rings (SSSR count). The number of para-hydroxylation sites is 1. The third-order valence-electron chi connectivity index (χ3n) is 6.39. The second-order valence-corrected chi connectivity index (χ2v) is 8.25. The highest BCUT2D eigenvalue weighted by molar-refractivity contribution is 5.77. The number of aromatic nitrogens is 2. The van der Waals surface area contributed by atoms with Crippen LogP contribution in [0.3, 0.4) is 0 Å². The van der Waals surface area contributed by atoms with Crippen LogP contribution in [0.1, 0.15) is 56.0 Å². The largest absolute Gasteiger partial charge is 0.484 e. The molecule has 0 unspecified atom stereocenters. The maximum atomic E-state index is 12.4.